The van der Waals surface area contributed by atoms with Gasteiger partial charge < -0.3 is 9.47 Å². The van der Waals surface area contributed by atoms with Crippen molar-refractivity contribution in [2.75, 3.05) is 6.61 Å². The van der Waals surface area contributed by atoms with Gasteiger partial charge in [0.2, 0.25) is 0 Å². The van der Waals surface area contributed by atoms with Gasteiger partial charge in [-0.2, -0.15) is 14.0 Å². The molecule has 0 atom stereocenters. The molecule has 0 unspecified atom stereocenters. The van der Waals surface area contributed by atoms with E-state index in [1.807, 2.05) is 6.07 Å². The Hall–Kier alpha value is -3.20. The van der Waals surface area contributed by atoms with E-state index in [0.717, 1.165) is 0 Å². The van der Waals surface area contributed by atoms with Crippen LogP contribution in [0.3, 0.4) is 0 Å². The maximum Gasteiger partial charge on any atom is 0.387 e. The zero-order valence-corrected chi connectivity index (χ0v) is 13.4. The van der Waals surface area contributed by atoms with Crippen LogP contribution < -0.4 is 9.47 Å². The minimum Gasteiger partial charge on any atom is -0.490 e. The lowest BCUT2D eigenvalue weighted by Gasteiger charge is -2.11. The molecule has 0 amide bonds. The number of alkyl halides is 2. The fourth-order valence-electron chi connectivity index (χ4n) is 2.10. The number of carbonyl (C=O) groups is 1. The van der Waals surface area contributed by atoms with E-state index < -0.39 is 6.61 Å². The first-order valence-electron chi connectivity index (χ1n) is 7.47. The summed E-state index contributed by atoms with van der Waals surface area (Å²) in [5, 5.41) is 8.86. The molecule has 0 spiro atoms. The minimum absolute atomic E-state index is 0.0675. The third kappa shape index (κ3) is 5.15. The van der Waals surface area contributed by atoms with E-state index in [9.17, 15) is 13.6 Å². The lowest BCUT2D eigenvalue weighted by molar-refractivity contribution is -0.0514. The minimum atomic E-state index is -2.95. The number of carbonyl (C=O) groups excluding carboxylic acids is 1. The smallest absolute Gasteiger partial charge is 0.387 e. The van der Waals surface area contributed by atoms with Gasteiger partial charge in [0.15, 0.2) is 17.3 Å². The summed E-state index contributed by atoms with van der Waals surface area (Å²) in [5.41, 5.74) is 1.37. The number of hydrogen-bond donors (Lipinski definition) is 0. The molecule has 25 heavy (non-hydrogen) atoms. The molecule has 4 nitrogen and oxygen atoms in total. The van der Waals surface area contributed by atoms with Crippen molar-refractivity contribution in [2.24, 2.45) is 0 Å². The Balaban J connectivity index is 2.20. The Kier molecular flexibility index (Phi) is 6.24. The largest absolute Gasteiger partial charge is 0.490 e. The number of allylic oxidation sites excluding steroid dienone is 1. The van der Waals surface area contributed by atoms with Crippen LogP contribution in [-0.2, 0) is 0 Å². The molecule has 2 aromatic rings. The SMILES string of the molecule is CCOc1cc(/C=C/C(=O)c2cccc(C#N)c2)ccc1OC(F)F. The van der Waals surface area contributed by atoms with E-state index in [2.05, 4.69) is 4.74 Å². The highest BCUT2D eigenvalue weighted by Gasteiger charge is 2.11. The van der Waals surface area contributed by atoms with Crippen molar-refractivity contribution in [2.45, 2.75) is 13.5 Å². The van der Waals surface area contributed by atoms with Gasteiger partial charge in [0.25, 0.3) is 0 Å². The molecule has 2 aromatic carbocycles. The van der Waals surface area contributed by atoms with Gasteiger partial charge in [-0.25, -0.2) is 0 Å². The third-order valence-corrected chi connectivity index (χ3v) is 3.19. The number of nitrogens with zero attached hydrogens (tertiary/aromatic N) is 1. The van der Waals surface area contributed by atoms with Crippen molar-refractivity contribution in [3.63, 3.8) is 0 Å². The van der Waals surface area contributed by atoms with Gasteiger partial charge in [-0.1, -0.05) is 24.3 Å². The lowest BCUT2D eigenvalue weighted by atomic mass is 10.1. The maximum atomic E-state index is 12.4. The number of benzene rings is 2. The standard InChI is InChI=1S/C19H15F2NO3/c1-2-24-18-11-13(7-9-17(18)25-19(20)21)6-8-16(23)15-5-3-4-14(10-15)12-22/h3-11,19H,2H2,1H3/b8-6+. The van der Waals surface area contributed by atoms with Gasteiger partial charge in [0, 0.05) is 5.56 Å². The van der Waals surface area contributed by atoms with Crippen LogP contribution in [0.2, 0.25) is 0 Å². The highest BCUT2D eigenvalue weighted by atomic mass is 19.3. The molecule has 6 heteroatoms. The van der Waals surface area contributed by atoms with Gasteiger partial charge in [-0.05, 0) is 42.8 Å². The van der Waals surface area contributed by atoms with E-state index in [0.29, 0.717) is 16.7 Å². The topological polar surface area (TPSA) is 59.3 Å². The molecular weight excluding hydrogens is 328 g/mol. The first-order valence-corrected chi connectivity index (χ1v) is 7.47. The second-order valence-corrected chi connectivity index (χ2v) is 4.91. The first kappa shape index (κ1) is 18.1. The van der Waals surface area contributed by atoms with Crippen LogP contribution in [0.5, 0.6) is 11.5 Å². The van der Waals surface area contributed by atoms with Crippen LogP contribution in [0.4, 0.5) is 8.78 Å². The van der Waals surface area contributed by atoms with Gasteiger partial charge in [0.1, 0.15) is 0 Å². The van der Waals surface area contributed by atoms with Crippen molar-refractivity contribution in [3.05, 3.63) is 65.2 Å². The summed E-state index contributed by atoms with van der Waals surface area (Å²) < 4.78 is 34.5. The predicted octanol–water partition coefficient (Wildman–Crippen LogP) is 4.45. The summed E-state index contributed by atoms with van der Waals surface area (Å²) in [6.45, 7) is -0.942. The van der Waals surface area contributed by atoms with Crippen LogP contribution in [0.1, 0.15) is 28.4 Å². The summed E-state index contributed by atoms with van der Waals surface area (Å²) in [6, 6.07) is 12.7. The Labute approximate surface area is 143 Å². The van der Waals surface area contributed by atoms with Crippen LogP contribution in [0.25, 0.3) is 6.08 Å². The third-order valence-electron chi connectivity index (χ3n) is 3.19. The Morgan fingerprint density at radius 1 is 1.24 bits per heavy atom. The monoisotopic (exact) mass is 343 g/mol. The lowest BCUT2D eigenvalue weighted by Crippen LogP contribution is -2.04. The van der Waals surface area contributed by atoms with E-state index in [4.69, 9.17) is 10.00 Å². The van der Waals surface area contributed by atoms with Crippen LogP contribution >= 0.6 is 0 Å². The summed E-state index contributed by atoms with van der Waals surface area (Å²) in [6.07, 6.45) is 2.88. The Bertz CT molecular complexity index is 826. The summed E-state index contributed by atoms with van der Waals surface area (Å²) >= 11 is 0. The molecule has 0 fully saturated rings. The van der Waals surface area contributed by atoms with Crippen LogP contribution in [-0.4, -0.2) is 19.0 Å². The van der Waals surface area contributed by atoms with Crippen LogP contribution in [0, 0.1) is 11.3 Å². The molecule has 0 saturated heterocycles. The molecule has 0 bridgehead atoms. The molecule has 0 N–H and O–H groups in total. The maximum absolute atomic E-state index is 12.4. The van der Waals surface area contributed by atoms with E-state index in [-0.39, 0.29) is 23.9 Å². The molecular formula is C19H15F2NO3. The molecule has 128 valence electrons. The number of rotatable bonds is 7. The van der Waals surface area contributed by atoms with Gasteiger partial charge in [-0.3, -0.25) is 4.79 Å². The average Bonchev–Trinajstić information content (AvgIpc) is 2.61. The van der Waals surface area contributed by atoms with E-state index in [1.165, 1.54) is 36.4 Å². The number of hydrogen-bond acceptors (Lipinski definition) is 4. The zero-order valence-electron chi connectivity index (χ0n) is 13.4. The number of halogens is 2. The van der Waals surface area contributed by atoms with E-state index in [1.54, 1.807) is 25.1 Å². The number of nitriles is 1. The van der Waals surface area contributed by atoms with Crippen molar-refractivity contribution < 1.29 is 23.0 Å². The molecule has 0 heterocycles. The Morgan fingerprint density at radius 2 is 2.04 bits per heavy atom. The molecule has 2 rings (SSSR count). The molecule has 0 aliphatic rings. The second-order valence-electron chi connectivity index (χ2n) is 4.91. The summed E-state index contributed by atoms with van der Waals surface area (Å²) in [4.78, 5) is 12.2. The predicted molar refractivity (Wildman–Crippen MR) is 88.8 cm³/mol. The Morgan fingerprint density at radius 3 is 2.72 bits per heavy atom. The van der Waals surface area contributed by atoms with Crippen molar-refractivity contribution in [1.82, 2.24) is 0 Å². The zero-order chi connectivity index (χ0) is 18.2. The fraction of sp³-hybridized carbons (Fsp3) is 0.158. The first-order chi connectivity index (χ1) is 12.0. The second kappa shape index (κ2) is 8.60. The summed E-state index contributed by atoms with van der Waals surface area (Å²) in [5.74, 6) is -0.172. The average molecular weight is 343 g/mol. The molecule has 0 saturated carbocycles. The highest BCUT2D eigenvalue weighted by molar-refractivity contribution is 6.07. The van der Waals surface area contributed by atoms with Gasteiger partial charge in [-0.15, -0.1) is 0 Å². The normalized spacial score (nSPS) is 10.7. The van der Waals surface area contributed by atoms with Gasteiger partial charge >= 0.3 is 6.61 Å². The highest BCUT2D eigenvalue weighted by Crippen LogP contribution is 2.30. The van der Waals surface area contributed by atoms with Crippen LogP contribution in [0.15, 0.2) is 48.5 Å². The molecule has 0 aliphatic carbocycles. The number of ether oxygens (including phenoxy) is 2. The molecule has 0 radical (unpaired) electrons. The molecule has 0 aromatic heterocycles. The summed E-state index contributed by atoms with van der Waals surface area (Å²) in [7, 11) is 0. The van der Waals surface area contributed by atoms with Gasteiger partial charge in [0.05, 0.1) is 18.2 Å². The number of ketones is 1. The molecule has 0 aliphatic heterocycles. The van der Waals surface area contributed by atoms with Crippen molar-refractivity contribution in [3.8, 4) is 17.6 Å². The quantitative estimate of drug-likeness (QED) is 0.550. The van der Waals surface area contributed by atoms with Crippen molar-refractivity contribution >= 4 is 11.9 Å². The van der Waals surface area contributed by atoms with E-state index >= 15 is 0 Å². The fourth-order valence-corrected chi connectivity index (χ4v) is 2.10. The van der Waals surface area contributed by atoms with Crippen molar-refractivity contribution in [1.29, 1.82) is 5.26 Å².